The van der Waals surface area contributed by atoms with Gasteiger partial charge in [0.25, 0.3) is 0 Å². The zero-order chi connectivity index (χ0) is 40.6. The Balaban J connectivity index is 0.00000462. The van der Waals surface area contributed by atoms with Crippen LogP contribution >= 0.6 is 0 Å². The standard InChI is InChI=1S/C54H44N3O2.Pt/c1-53(2,3)38-29-44(50(58)45(30-38)54(4,5)6)52-56-49-40(22-15-23-47(49)57(52)39-19-11-8-12-20-39)36-26-35(33-16-9-7-10-17-33)27-37(28-36)46-31-43-42-25-24-34-18-13-14-21-41(34)51(42)59-48(43)32-55-46;/h7-27,29-32,58H,1-6H3;/q-1;. The van der Waals surface area contributed by atoms with Crippen molar-refractivity contribution < 1.29 is 30.6 Å². The van der Waals surface area contributed by atoms with E-state index in [1.54, 1.807) is 0 Å². The molecule has 0 aliphatic carbocycles. The summed E-state index contributed by atoms with van der Waals surface area (Å²) in [6.07, 6.45) is 1.83. The fourth-order valence-corrected chi connectivity index (χ4v) is 8.35. The number of fused-ring (bicyclic) bond motifs is 6. The summed E-state index contributed by atoms with van der Waals surface area (Å²) in [7, 11) is 0. The Hall–Kier alpha value is -6.29. The summed E-state index contributed by atoms with van der Waals surface area (Å²) in [5.41, 5.74) is 12.2. The van der Waals surface area contributed by atoms with E-state index in [9.17, 15) is 5.11 Å². The second-order valence-corrected chi connectivity index (χ2v) is 17.6. The van der Waals surface area contributed by atoms with Crippen LogP contribution in [0.3, 0.4) is 0 Å². The number of hydrogen-bond donors (Lipinski definition) is 1. The molecule has 10 aromatic rings. The first-order valence-corrected chi connectivity index (χ1v) is 20.2. The fraction of sp³-hybridized carbons (Fsp3) is 0.148. The second kappa shape index (κ2) is 14.8. The normalized spacial score (nSPS) is 12.1. The number of aromatic nitrogens is 3. The van der Waals surface area contributed by atoms with E-state index < -0.39 is 0 Å². The molecule has 0 aliphatic rings. The minimum Gasteiger partial charge on any atom is -0.507 e. The molecule has 3 aromatic heterocycles. The summed E-state index contributed by atoms with van der Waals surface area (Å²) in [6.45, 7) is 13.1. The van der Waals surface area contributed by atoms with Crippen molar-refractivity contribution in [3.63, 3.8) is 0 Å². The van der Waals surface area contributed by atoms with Crippen molar-refractivity contribution in [3.05, 3.63) is 169 Å². The number of rotatable bonds is 5. The van der Waals surface area contributed by atoms with E-state index in [0.717, 1.165) is 94.1 Å². The molecule has 0 fully saturated rings. The maximum absolute atomic E-state index is 12.2. The van der Waals surface area contributed by atoms with Crippen molar-refractivity contribution in [2.45, 2.75) is 52.4 Å². The first-order valence-electron chi connectivity index (χ1n) is 20.2. The monoisotopic (exact) mass is 961 g/mol. The Morgan fingerprint density at radius 2 is 1.33 bits per heavy atom. The van der Waals surface area contributed by atoms with Crippen molar-refractivity contribution in [2.75, 3.05) is 0 Å². The fourth-order valence-electron chi connectivity index (χ4n) is 8.35. The molecule has 0 spiro atoms. The molecule has 7 aromatic carbocycles. The summed E-state index contributed by atoms with van der Waals surface area (Å²) in [4.78, 5) is 10.5. The van der Waals surface area contributed by atoms with Gasteiger partial charge in [-0.15, -0.1) is 23.8 Å². The molecule has 0 unspecified atom stereocenters. The van der Waals surface area contributed by atoms with E-state index in [-0.39, 0.29) is 37.6 Å². The van der Waals surface area contributed by atoms with Gasteiger partial charge in [-0.3, -0.25) is 9.55 Å². The largest absolute Gasteiger partial charge is 0.507 e. The van der Waals surface area contributed by atoms with Gasteiger partial charge in [-0.1, -0.05) is 161 Å². The minimum absolute atomic E-state index is 0. The van der Waals surface area contributed by atoms with Gasteiger partial charge >= 0.3 is 0 Å². The van der Waals surface area contributed by atoms with Crippen molar-refractivity contribution in [1.82, 2.24) is 14.5 Å². The number of hydrogen-bond acceptors (Lipinski definition) is 4. The van der Waals surface area contributed by atoms with Crippen molar-refractivity contribution in [2.24, 2.45) is 0 Å². The summed E-state index contributed by atoms with van der Waals surface area (Å²) < 4.78 is 8.61. The van der Waals surface area contributed by atoms with Gasteiger partial charge < -0.3 is 9.52 Å². The molecule has 0 radical (unpaired) electrons. The number of phenols is 1. The summed E-state index contributed by atoms with van der Waals surface area (Å²) in [5.74, 6) is 0.930. The Labute approximate surface area is 364 Å². The summed E-state index contributed by atoms with van der Waals surface area (Å²) >= 11 is 0. The third-order valence-corrected chi connectivity index (χ3v) is 11.5. The van der Waals surface area contributed by atoms with Crippen molar-refractivity contribution >= 4 is 43.7 Å². The van der Waals surface area contributed by atoms with E-state index in [0.29, 0.717) is 11.4 Å². The van der Waals surface area contributed by atoms with Crippen LogP contribution in [0.4, 0.5) is 0 Å². The third kappa shape index (κ3) is 6.72. The van der Waals surface area contributed by atoms with E-state index in [1.165, 1.54) is 0 Å². The average molecular weight is 962 g/mol. The van der Waals surface area contributed by atoms with Gasteiger partial charge in [-0.25, -0.2) is 4.98 Å². The molecule has 1 N–H and O–H groups in total. The maximum Gasteiger partial charge on any atom is 0.152 e. The first kappa shape index (κ1) is 39.2. The molecule has 10 rings (SSSR count). The molecular formula is C54H44N3O2Pt-. The Bertz CT molecular complexity index is 3240. The second-order valence-electron chi connectivity index (χ2n) is 17.6. The van der Waals surface area contributed by atoms with Crippen LogP contribution in [0.2, 0.25) is 0 Å². The third-order valence-electron chi connectivity index (χ3n) is 11.5. The minimum atomic E-state index is -0.300. The topological polar surface area (TPSA) is 64.1 Å². The van der Waals surface area contributed by atoms with Crippen LogP contribution in [0, 0.1) is 6.07 Å². The predicted octanol–water partition coefficient (Wildman–Crippen LogP) is 14.2. The molecular weight excluding hydrogens is 918 g/mol. The van der Waals surface area contributed by atoms with E-state index in [2.05, 4.69) is 161 Å². The number of phenolic OH excluding ortho intramolecular Hbond substituents is 1. The summed E-state index contributed by atoms with van der Waals surface area (Å²) in [6, 6.07) is 54.2. The molecule has 6 heteroatoms. The van der Waals surface area contributed by atoms with Crippen LogP contribution in [0.15, 0.2) is 156 Å². The SMILES string of the molecule is CC(C)(C)c1cc(-c2nc3c(-c4[c-]c(-c5cc6c(cn5)oc5c7ccccc7ccc65)cc(-c5ccccc5)c4)cccc3n2-c2ccccc2)c(O)c(C(C)(C)C)c1.[Pt]. The smallest absolute Gasteiger partial charge is 0.152 e. The zero-order valence-corrected chi connectivity index (χ0v) is 36.7. The molecule has 0 saturated carbocycles. The number of nitrogens with zero attached hydrogens (tertiary/aromatic N) is 3. The molecule has 60 heavy (non-hydrogen) atoms. The van der Waals surface area contributed by atoms with Gasteiger partial charge in [0.1, 0.15) is 17.2 Å². The molecule has 0 atom stereocenters. The summed E-state index contributed by atoms with van der Waals surface area (Å²) in [5, 5.41) is 16.5. The van der Waals surface area contributed by atoms with Crippen LogP contribution < -0.4 is 0 Å². The van der Waals surface area contributed by atoms with Crippen LogP contribution in [0.1, 0.15) is 52.7 Å². The van der Waals surface area contributed by atoms with E-state index in [1.807, 2.05) is 42.6 Å². The van der Waals surface area contributed by atoms with Gasteiger partial charge in [0, 0.05) is 54.2 Å². The van der Waals surface area contributed by atoms with Gasteiger partial charge in [-0.05, 0) is 57.7 Å². The van der Waals surface area contributed by atoms with Gasteiger partial charge in [0.2, 0.25) is 0 Å². The van der Waals surface area contributed by atoms with Crippen molar-refractivity contribution in [3.8, 4) is 56.3 Å². The first-order chi connectivity index (χ1) is 28.4. The van der Waals surface area contributed by atoms with E-state index >= 15 is 0 Å². The molecule has 5 nitrogen and oxygen atoms in total. The quantitative estimate of drug-likeness (QED) is 0.175. The Kier molecular flexibility index (Phi) is 9.64. The van der Waals surface area contributed by atoms with Crippen LogP contribution in [-0.4, -0.2) is 19.6 Å². The van der Waals surface area contributed by atoms with Crippen LogP contribution in [-0.2, 0) is 31.9 Å². The van der Waals surface area contributed by atoms with Gasteiger partial charge in [-0.2, -0.15) is 0 Å². The number of furan rings is 1. The molecule has 0 amide bonds. The number of aromatic hydroxyl groups is 1. The Morgan fingerprint density at radius 3 is 2.08 bits per heavy atom. The van der Waals surface area contributed by atoms with Gasteiger partial charge in [0.15, 0.2) is 5.58 Å². The number of para-hydroxylation sites is 2. The van der Waals surface area contributed by atoms with Crippen LogP contribution in [0.5, 0.6) is 5.75 Å². The average Bonchev–Trinajstić information content (AvgIpc) is 3.82. The molecule has 0 saturated heterocycles. The Morgan fingerprint density at radius 1 is 0.617 bits per heavy atom. The molecule has 3 heterocycles. The van der Waals surface area contributed by atoms with Crippen molar-refractivity contribution in [1.29, 1.82) is 0 Å². The number of pyridine rings is 1. The van der Waals surface area contributed by atoms with E-state index in [4.69, 9.17) is 14.4 Å². The predicted molar refractivity (Wildman–Crippen MR) is 243 cm³/mol. The zero-order valence-electron chi connectivity index (χ0n) is 34.4. The molecule has 0 aliphatic heterocycles. The molecule has 298 valence electrons. The van der Waals surface area contributed by atoms with Gasteiger partial charge in [0.05, 0.1) is 22.8 Å². The van der Waals surface area contributed by atoms with Crippen LogP contribution in [0.25, 0.3) is 94.3 Å². The number of imidazole rings is 1. The number of benzene rings is 7. The molecule has 0 bridgehead atoms. The maximum atomic E-state index is 12.2.